The number of para-hydroxylation sites is 1. The Morgan fingerprint density at radius 1 is 0.636 bits per heavy atom. The molecular formula is C62H70N6O9. The summed E-state index contributed by atoms with van der Waals surface area (Å²) in [5.41, 5.74) is 10.2. The number of hydrogen-bond donors (Lipinski definition) is 5. The van der Waals surface area contributed by atoms with E-state index >= 15 is 28.8 Å². The molecule has 402 valence electrons. The SMILES string of the molecule is CCCCC[C@@H]1NC(=O)[C@@H](Cc2c[nH]c3ccccc23)CC(=O)[C@H](c2ccccc2)NC(=O)[C@@H]2C[C@@H](OC(=O)CCCN)CN2C(=O)[C@H](Cc2ccccc2)NC(=O)[C@H](Cc2ccc(OCc3ccccc3)cc2)CC1=O. The van der Waals surface area contributed by atoms with E-state index in [2.05, 4.69) is 20.9 Å². The lowest BCUT2D eigenvalue weighted by Crippen LogP contribution is -2.56. The highest BCUT2D eigenvalue weighted by molar-refractivity contribution is 5.99. The molecule has 15 nitrogen and oxygen atoms in total. The highest BCUT2D eigenvalue weighted by Crippen LogP contribution is 2.29. The van der Waals surface area contributed by atoms with Crippen molar-refractivity contribution in [3.63, 3.8) is 0 Å². The molecule has 8 rings (SSSR count). The molecule has 2 aliphatic rings. The van der Waals surface area contributed by atoms with Crippen LogP contribution in [0.1, 0.15) is 98.6 Å². The predicted octanol–water partition coefficient (Wildman–Crippen LogP) is 7.60. The van der Waals surface area contributed by atoms with Crippen LogP contribution in [0.2, 0.25) is 0 Å². The number of amides is 4. The Hall–Kier alpha value is -7.91. The van der Waals surface area contributed by atoms with Crippen LogP contribution in [0.25, 0.3) is 10.9 Å². The number of aromatic amines is 1. The van der Waals surface area contributed by atoms with E-state index in [4.69, 9.17) is 15.2 Å². The number of unbranched alkanes of at least 4 members (excludes halogenated alkanes) is 2. The Balaban J connectivity index is 1.19. The maximum Gasteiger partial charge on any atom is 0.306 e. The Bertz CT molecular complexity index is 2950. The number of nitrogens with two attached hydrogens (primary N) is 1. The molecule has 0 bridgehead atoms. The molecule has 2 saturated heterocycles. The van der Waals surface area contributed by atoms with Crippen molar-refractivity contribution in [1.82, 2.24) is 25.8 Å². The van der Waals surface area contributed by atoms with Crippen LogP contribution in [0.15, 0.2) is 146 Å². The number of nitrogens with zero attached hydrogens (tertiary/aromatic N) is 1. The van der Waals surface area contributed by atoms with Gasteiger partial charge < -0.3 is 41.0 Å². The average Bonchev–Trinajstić information content (AvgIpc) is 4.08. The molecule has 4 amide bonds. The van der Waals surface area contributed by atoms with Crippen LogP contribution in [-0.2, 0) is 64.2 Å². The molecule has 0 aliphatic carbocycles. The number of nitrogens with one attached hydrogen (secondary N) is 4. The molecule has 7 atom stereocenters. The average molecular weight is 1040 g/mol. The second kappa shape index (κ2) is 27.2. The summed E-state index contributed by atoms with van der Waals surface area (Å²) in [6.07, 6.45) is 3.35. The Labute approximate surface area is 450 Å². The van der Waals surface area contributed by atoms with Crippen LogP contribution in [0.3, 0.4) is 0 Å². The minimum Gasteiger partial charge on any atom is -0.489 e. The number of rotatable bonds is 18. The first kappa shape index (κ1) is 55.3. The summed E-state index contributed by atoms with van der Waals surface area (Å²) >= 11 is 0. The molecule has 6 aromatic rings. The van der Waals surface area contributed by atoms with E-state index in [9.17, 15) is 4.79 Å². The third-order valence-electron chi connectivity index (χ3n) is 14.6. The van der Waals surface area contributed by atoms with E-state index in [1.807, 2.05) is 122 Å². The molecule has 0 spiro atoms. The van der Waals surface area contributed by atoms with Crippen molar-refractivity contribution in [3.05, 3.63) is 174 Å². The van der Waals surface area contributed by atoms with Gasteiger partial charge in [0, 0.05) is 61.0 Å². The number of carbonyl (C=O) groups is 7. The standard InChI is InChI=1S/C62H70N6O9/c1-2-3-7-25-52-55(69)35-45(32-42-27-29-48(30-28-42)76-40-43-19-10-5-11-20-43)59(72)66-53(33-41-17-8-4-9-18-41)62(75)68-39-49(77-57(71)26-16-31-63)37-54(68)61(74)67-58(44-21-12-6-13-22-44)56(70)36-46(60(73)65-52)34-47-38-64-51-24-15-14-23-50(47)51/h4-6,8-15,17-24,27-30,38,45-46,49,52-54,58,64H,2-3,7,16,25-26,31-37,39-40,63H2,1H3,(H,65,73)(H,66,72)(H,67,74)/t45-,46+,49-,52+,53+,54+,58+/m1/s1. The summed E-state index contributed by atoms with van der Waals surface area (Å²) in [4.78, 5) is 108. The number of Topliss-reactive ketones (excluding diaryl/α,β-unsaturated/α-hetero) is 2. The van der Waals surface area contributed by atoms with Crippen LogP contribution in [-0.4, -0.2) is 88.4 Å². The summed E-state index contributed by atoms with van der Waals surface area (Å²) in [6, 6.07) is 37.7. The third kappa shape index (κ3) is 15.2. The molecule has 3 heterocycles. The number of fused-ring (bicyclic) bond motifs is 2. The smallest absolute Gasteiger partial charge is 0.306 e. The van der Waals surface area contributed by atoms with Gasteiger partial charge >= 0.3 is 5.97 Å². The van der Waals surface area contributed by atoms with Gasteiger partial charge in [-0.25, -0.2) is 0 Å². The third-order valence-corrected chi connectivity index (χ3v) is 14.6. The van der Waals surface area contributed by atoms with E-state index in [-0.39, 0.29) is 63.8 Å². The maximum absolute atomic E-state index is 15.4. The summed E-state index contributed by atoms with van der Waals surface area (Å²) in [5.74, 6) is -5.18. The fraction of sp³-hybridized carbons (Fsp3) is 0.371. The number of benzene rings is 5. The molecule has 0 radical (unpaired) electrons. The van der Waals surface area contributed by atoms with Gasteiger partial charge in [0.2, 0.25) is 23.6 Å². The number of aromatic nitrogens is 1. The number of ketones is 2. The molecule has 6 N–H and O–H groups in total. The second-order valence-electron chi connectivity index (χ2n) is 20.3. The molecule has 1 aromatic heterocycles. The first-order chi connectivity index (χ1) is 37.5. The monoisotopic (exact) mass is 1040 g/mol. The lowest BCUT2D eigenvalue weighted by molar-refractivity contribution is -0.149. The maximum atomic E-state index is 15.4. The lowest BCUT2D eigenvalue weighted by Gasteiger charge is -2.31. The molecular weight excluding hydrogens is 973 g/mol. The Kier molecular flexibility index (Phi) is 19.6. The van der Waals surface area contributed by atoms with Gasteiger partial charge in [0.15, 0.2) is 11.6 Å². The lowest BCUT2D eigenvalue weighted by atomic mass is 9.87. The van der Waals surface area contributed by atoms with E-state index in [1.54, 1.807) is 30.3 Å². The van der Waals surface area contributed by atoms with E-state index in [0.717, 1.165) is 40.4 Å². The summed E-state index contributed by atoms with van der Waals surface area (Å²) < 4.78 is 11.9. The van der Waals surface area contributed by atoms with Crippen molar-refractivity contribution in [2.24, 2.45) is 17.6 Å². The van der Waals surface area contributed by atoms with Crippen LogP contribution in [0.4, 0.5) is 0 Å². The zero-order valence-corrected chi connectivity index (χ0v) is 43.7. The van der Waals surface area contributed by atoms with Crippen LogP contribution >= 0.6 is 0 Å². The summed E-state index contributed by atoms with van der Waals surface area (Å²) in [6.45, 7) is 2.48. The number of H-pyrrole nitrogens is 1. The van der Waals surface area contributed by atoms with Crippen molar-refractivity contribution in [3.8, 4) is 5.75 Å². The fourth-order valence-corrected chi connectivity index (χ4v) is 10.4. The molecule has 0 unspecified atom stereocenters. The zero-order chi connectivity index (χ0) is 54.1. The zero-order valence-electron chi connectivity index (χ0n) is 43.7. The van der Waals surface area contributed by atoms with E-state index < -0.39 is 77.5 Å². The topological polar surface area (TPSA) is 219 Å². The van der Waals surface area contributed by atoms with Gasteiger partial charge in [0.05, 0.1) is 12.6 Å². The fourth-order valence-electron chi connectivity index (χ4n) is 10.4. The van der Waals surface area contributed by atoms with Crippen molar-refractivity contribution >= 4 is 52.1 Å². The van der Waals surface area contributed by atoms with Gasteiger partial charge in [-0.1, -0.05) is 148 Å². The highest BCUT2D eigenvalue weighted by Gasteiger charge is 2.45. The van der Waals surface area contributed by atoms with Crippen molar-refractivity contribution < 1.29 is 43.0 Å². The molecule has 2 fully saturated rings. The van der Waals surface area contributed by atoms with Gasteiger partial charge in [-0.3, -0.25) is 33.6 Å². The van der Waals surface area contributed by atoms with Crippen molar-refractivity contribution in [2.75, 3.05) is 13.1 Å². The Morgan fingerprint density at radius 3 is 1.96 bits per heavy atom. The molecule has 77 heavy (non-hydrogen) atoms. The molecule has 0 saturated carbocycles. The number of carbonyl (C=O) groups excluding carboxylic acids is 7. The van der Waals surface area contributed by atoms with Crippen LogP contribution in [0, 0.1) is 11.8 Å². The van der Waals surface area contributed by atoms with Gasteiger partial charge in [-0.15, -0.1) is 0 Å². The van der Waals surface area contributed by atoms with Gasteiger partial charge in [0.1, 0.15) is 36.6 Å². The minimum absolute atomic E-state index is 0.0178. The minimum atomic E-state index is -1.27. The highest BCUT2D eigenvalue weighted by atomic mass is 16.5. The largest absolute Gasteiger partial charge is 0.489 e. The number of esters is 1. The van der Waals surface area contributed by atoms with Gasteiger partial charge in [-0.05, 0) is 78.2 Å². The first-order valence-electron chi connectivity index (χ1n) is 27.0. The summed E-state index contributed by atoms with van der Waals surface area (Å²) in [7, 11) is 0. The Morgan fingerprint density at radius 2 is 1.26 bits per heavy atom. The quantitative estimate of drug-likeness (QED) is 0.0419. The first-order valence-corrected chi connectivity index (χ1v) is 27.0. The van der Waals surface area contributed by atoms with Gasteiger partial charge in [0.25, 0.3) is 0 Å². The molecule has 5 aromatic carbocycles. The van der Waals surface area contributed by atoms with Crippen LogP contribution in [0.5, 0.6) is 5.75 Å². The second-order valence-corrected chi connectivity index (χ2v) is 20.3. The number of hydrogen-bond acceptors (Lipinski definition) is 10. The van der Waals surface area contributed by atoms with Crippen LogP contribution < -0.4 is 26.4 Å². The van der Waals surface area contributed by atoms with Crippen molar-refractivity contribution in [1.29, 1.82) is 0 Å². The molecule has 15 heteroatoms. The van der Waals surface area contributed by atoms with Crippen molar-refractivity contribution in [2.45, 2.75) is 121 Å². The summed E-state index contributed by atoms with van der Waals surface area (Å²) in [5, 5.41) is 9.94. The molecule has 2 aliphatic heterocycles. The van der Waals surface area contributed by atoms with E-state index in [0.29, 0.717) is 42.7 Å². The van der Waals surface area contributed by atoms with Gasteiger partial charge in [-0.2, -0.15) is 0 Å². The van der Waals surface area contributed by atoms with E-state index in [1.165, 1.54) is 4.90 Å². The normalized spacial score (nSPS) is 21.8. The predicted molar refractivity (Wildman–Crippen MR) is 293 cm³/mol. The number of ether oxygens (including phenoxy) is 2.